The molecule has 0 aliphatic carbocycles. The van der Waals surface area contributed by atoms with Crippen LogP contribution in [0.1, 0.15) is 10.5 Å². The van der Waals surface area contributed by atoms with Crippen molar-refractivity contribution in [3.05, 3.63) is 78.8 Å². The van der Waals surface area contributed by atoms with Gasteiger partial charge in [-0.1, -0.05) is 18.2 Å². The highest BCUT2D eigenvalue weighted by Gasteiger charge is 2.14. The molecule has 4 rings (SSSR count). The Hall–Kier alpha value is -3.67. The number of anilines is 1. The van der Waals surface area contributed by atoms with Gasteiger partial charge in [0.15, 0.2) is 5.69 Å². The SMILES string of the molecule is O=C(Nc1ccc(Oc2ccccc2)cc1)c1n[nH]c2ccncc12. The predicted molar refractivity (Wildman–Crippen MR) is 94.8 cm³/mol. The largest absolute Gasteiger partial charge is 0.457 e. The van der Waals surface area contributed by atoms with Gasteiger partial charge in [-0.15, -0.1) is 0 Å². The molecule has 6 nitrogen and oxygen atoms in total. The molecule has 25 heavy (non-hydrogen) atoms. The number of aromatic amines is 1. The molecule has 2 N–H and O–H groups in total. The third-order valence-corrected chi connectivity index (χ3v) is 3.67. The maximum Gasteiger partial charge on any atom is 0.276 e. The van der Waals surface area contributed by atoms with Crippen molar-refractivity contribution in [1.82, 2.24) is 15.2 Å². The lowest BCUT2D eigenvalue weighted by molar-refractivity contribution is 0.102. The van der Waals surface area contributed by atoms with Crippen molar-refractivity contribution in [1.29, 1.82) is 0 Å². The maximum atomic E-state index is 12.4. The molecule has 0 radical (unpaired) electrons. The normalized spacial score (nSPS) is 10.6. The molecule has 0 unspecified atom stereocenters. The fraction of sp³-hybridized carbons (Fsp3) is 0. The summed E-state index contributed by atoms with van der Waals surface area (Å²) in [4.78, 5) is 16.4. The van der Waals surface area contributed by atoms with Crippen molar-refractivity contribution < 1.29 is 9.53 Å². The lowest BCUT2D eigenvalue weighted by Crippen LogP contribution is -2.12. The molecule has 0 spiro atoms. The van der Waals surface area contributed by atoms with E-state index < -0.39 is 0 Å². The van der Waals surface area contributed by atoms with E-state index in [9.17, 15) is 4.79 Å². The summed E-state index contributed by atoms with van der Waals surface area (Å²) < 4.78 is 5.73. The van der Waals surface area contributed by atoms with Gasteiger partial charge in [0, 0.05) is 18.1 Å². The Kier molecular flexibility index (Phi) is 3.84. The van der Waals surface area contributed by atoms with Gasteiger partial charge in [-0.25, -0.2) is 0 Å². The molecular weight excluding hydrogens is 316 g/mol. The summed E-state index contributed by atoms with van der Waals surface area (Å²) in [6.07, 6.45) is 3.26. The van der Waals surface area contributed by atoms with Crippen molar-refractivity contribution in [2.24, 2.45) is 0 Å². The van der Waals surface area contributed by atoms with Crippen LogP contribution in [0.2, 0.25) is 0 Å². The van der Waals surface area contributed by atoms with E-state index in [1.165, 1.54) is 0 Å². The number of para-hydroxylation sites is 1. The van der Waals surface area contributed by atoms with E-state index in [1.807, 2.05) is 30.3 Å². The molecule has 0 saturated carbocycles. The molecule has 122 valence electrons. The number of nitrogens with zero attached hydrogens (tertiary/aromatic N) is 2. The Bertz CT molecular complexity index is 1010. The van der Waals surface area contributed by atoms with Gasteiger partial charge < -0.3 is 10.1 Å². The zero-order chi connectivity index (χ0) is 17.1. The number of aromatic nitrogens is 3. The molecule has 2 aromatic heterocycles. The average molecular weight is 330 g/mol. The number of pyridine rings is 1. The van der Waals surface area contributed by atoms with E-state index in [0.717, 1.165) is 11.3 Å². The van der Waals surface area contributed by atoms with Crippen molar-refractivity contribution in [2.75, 3.05) is 5.32 Å². The monoisotopic (exact) mass is 330 g/mol. The van der Waals surface area contributed by atoms with Gasteiger partial charge in [-0.2, -0.15) is 5.10 Å². The highest BCUT2D eigenvalue weighted by atomic mass is 16.5. The van der Waals surface area contributed by atoms with Crippen LogP contribution in [0.4, 0.5) is 5.69 Å². The van der Waals surface area contributed by atoms with Crippen LogP contribution >= 0.6 is 0 Å². The van der Waals surface area contributed by atoms with E-state index >= 15 is 0 Å². The average Bonchev–Trinajstić information content (AvgIpc) is 3.08. The summed E-state index contributed by atoms with van der Waals surface area (Å²) in [6.45, 7) is 0. The van der Waals surface area contributed by atoms with Crippen LogP contribution in [0.5, 0.6) is 11.5 Å². The van der Waals surface area contributed by atoms with E-state index in [2.05, 4.69) is 20.5 Å². The Morgan fingerprint density at radius 2 is 1.72 bits per heavy atom. The Morgan fingerprint density at radius 3 is 2.52 bits per heavy atom. The molecule has 0 aliphatic heterocycles. The molecule has 0 saturated heterocycles. The third-order valence-electron chi connectivity index (χ3n) is 3.67. The molecule has 0 atom stereocenters. The zero-order valence-electron chi connectivity index (χ0n) is 13.1. The molecule has 1 amide bonds. The van der Waals surface area contributed by atoms with Crippen LogP contribution in [0.3, 0.4) is 0 Å². The van der Waals surface area contributed by atoms with Crippen molar-refractivity contribution in [3.63, 3.8) is 0 Å². The number of fused-ring (bicyclic) bond motifs is 1. The molecule has 0 bridgehead atoms. The number of amides is 1. The highest BCUT2D eigenvalue weighted by Crippen LogP contribution is 2.23. The number of rotatable bonds is 4. The standard InChI is InChI=1S/C19H14N4O2/c24-19(18-16-12-20-11-10-17(16)22-23-18)21-13-6-8-15(9-7-13)25-14-4-2-1-3-5-14/h1-12H,(H,21,24)(H,22,23). The Morgan fingerprint density at radius 1 is 0.960 bits per heavy atom. The topological polar surface area (TPSA) is 79.9 Å². The van der Waals surface area contributed by atoms with Gasteiger partial charge in [0.25, 0.3) is 5.91 Å². The van der Waals surface area contributed by atoms with Gasteiger partial charge in [-0.05, 0) is 42.5 Å². The predicted octanol–water partition coefficient (Wildman–Crippen LogP) is 4.00. The van der Waals surface area contributed by atoms with Crippen LogP contribution in [0, 0.1) is 0 Å². The van der Waals surface area contributed by atoms with Gasteiger partial charge in [-0.3, -0.25) is 14.9 Å². The maximum absolute atomic E-state index is 12.4. The summed E-state index contributed by atoms with van der Waals surface area (Å²) in [7, 11) is 0. The molecule has 4 aromatic rings. The molecular formula is C19H14N4O2. The number of hydrogen-bond donors (Lipinski definition) is 2. The first-order chi connectivity index (χ1) is 12.3. The summed E-state index contributed by atoms with van der Waals surface area (Å²) in [5.74, 6) is 1.16. The number of nitrogens with one attached hydrogen (secondary N) is 2. The van der Waals surface area contributed by atoms with E-state index in [1.54, 1.807) is 42.7 Å². The molecule has 0 aliphatic rings. The van der Waals surface area contributed by atoms with Crippen LogP contribution in [0.25, 0.3) is 10.9 Å². The first kappa shape index (κ1) is 14.9. The summed E-state index contributed by atoms with van der Waals surface area (Å²) in [6, 6.07) is 18.4. The number of ether oxygens (including phenoxy) is 1. The molecule has 0 fully saturated rings. The Labute approximate surface area is 143 Å². The van der Waals surface area contributed by atoms with E-state index in [-0.39, 0.29) is 5.91 Å². The number of H-pyrrole nitrogens is 1. The number of hydrogen-bond acceptors (Lipinski definition) is 4. The summed E-state index contributed by atoms with van der Waals surface area (Å²) >= 11 is 0. The number of benzene rings is 2. The van der Waals surface area contributed by atoms with Crippen LogP contribution < -0.4 is 10.1 Å². The highest BCUT2D eigenvalue weighted by molar-refractivity contribution is 6.10. The van der Waals surface area contributed by atoms with Gasteiger partial charge in [0.1, 0.15) is 11.5 Å². The van der Waals surface area contributed by atoms with Crippen LogP contribution in [0.15, 0.2) is 73.1 Å². The van der Waals surface area contributed by atoms with Crippen molar-refractivity contribution in [2.45, 2.75) is 0 Å². The number of carbonyl (C=O) groups excluding carboxylic acids is 1. The third kappa shape index (κ3) is 3.18. The fourth-order valence-electron chi connectivity index (χ4n) is 2.45. The minimum absolute atomic E-state index is 0.295. The quantitative estimate of drug-likeness (QED) is 0.592. The minimum atomic E-state index is -0.295. The Balaban J connectivity index is 1.48. The lowest BCUT2D eigenvalue weighted by atomic mass is 10.2. The summed E-state index contributed by atoms with van der Waals surface area (Å²) in [5.41, 5.74) is 1.74. The molecule has 2 heterocycles. The van der Waals surface area contributed by atoms with Crippen LogP contribution in [-0.4, -0.2) is 21.1 Å². The fourth-order valence-corrected chi connectivity index (χ4v) is 2.45. The second kappa shape index (κ2) is 6.45. The molecule has 6 heteroatoms. The smallest absolute Gasteiger partial charge is 0.276 e. The number of carbonyl (C=O) groups is 1. The second-order valence-corrected chi connectivity index (χ2v) is 5.39. The zero-order valence-corrected chi connectivity index (χ0v) is 13.1. The first-order valence-corrected chi connectivity index (χ1v) is 7.72. The first-order valence-electron chi connectivity index (χ1n) is 7.72. The van der Waals surface area contributed by atoms with E-state index in [4.69, 9.17) is 4.74 Å². The lowest BCUT2D eigenvalue weighted by Gasteiger charge is -2.07. The van der Waals surface area contributed by atoms with Gasteiger partial charge >= 0.3 is 0 Å². The van der Waals surface area contributed by atoms with E-state index in [0.29, 0.717) is 22.5 Å². The van der Waals surface area contributed by atoms with Crippen molar-refractivity contribution in [3.8, 4) is 11.5 Å². The van der Waals surface area contributed by atoms with Crippen molar-refractivity contribution >= 4 is 22.5 Å². The molecule has 2 aromatic carbocycles. The van der Waals surface area contributed by atoms with Gasteiger partial charge in [0.05, 0.1) is 10.9 Å². The second-order valence-electron chi connectivity index (χ2n) is 5.39. The van der Waals surface area contributed by atoms with Crippen LogP contribution in [-0.2, 0) is 0 Å². The van der Waals surface area contributed by atoms with Gasteiger partial charge in [0.2, 0.25) is 0 Å². The summed E-state index contributed by atoms with van der Waals surface area (Å²) in [5, 5.41) is 10.4. The minimum Gasteiger partial charge on any atom is -0.457 e.